The zero-order valence-electron chi connectivity index (χ0n) is 17.5. The number of carbonyl (C=O) groups is 1. The van der Waals surface area contributed by atoms with E-state index in [4.69, 9.17) is 9.47 Å². The molecule has 158 valence electrons. The average molecular weight is 401 g/mol. The lowest BCUT2D eigenvalue weighted by molar-refractivity contribution is -0.120. The third kappa shape index (κ3) is 4.89. The fourth-order valence-corrected chi connectivity index (χ4v) is 4.53. The van der Waals surface area contributed by atoms with Gasteiger partial charge in [-0.2, -0.15) is 0 Å². The molecule has 0 radical (unpaired) electrons. The summed E-state index contributed by atoms with van der Waals surface area (Å²) in [5.41, 5.74) is 0.990. The van der Waals surface area contributed by atoms with Gasteiger partial charge in [0.1, 0.15) is 12.0 Å². The van der Waals surface area contributed by atoms with E-state index >= 15 is 0 Å². The van der Waals surface area contributed by atoms with Crippen molar-refractivity contribution in [1.29, 1.82) is 0 Å². The van der Waals surface area contributed by atoms with E-state index in [-0.39, 0.29) is 18.1 Å². The van der Waals surface area contributed by atoms with Crippen LogP contribution in [0.4, 0.5) is 0 Å². The molecule has 1 atom stereocenters. The monoisotopic (exact) mass is 400 g/mol. The number of rotatable bonds is 8. The van der Waals surface area contributed by atoms with Gasteiger partial charge in [-0.3, -0.25) is 4.79 Å². The predicted octanol–water partition coefficient (Wildman–Crippen LogP) is 3.64. The second-order valence-electron chi connectivity index (χ2n) is 8.64. The lowest BCUT2D eigenvalue weighted by Gasteiger charge is -2.35. The highest BCUT2D eigenvalue weighted by Gasteiger charge is 2.31. The van der Waals surface area contributed by atoms with Gasteiger partial charge >= 0.3 is 0 Å². The van der Waals surface area contributed by atoms with E-state index in [1.165, 1.54) is 39.0 Å². The van der Waals surface area contributed by atoms with E-state index in [2.05, 4.69) is 32.1 Å². The van der Waals surface area contributed by atoms with Gasteiger partial charge in [-0.1, -0.05) is 19.3 Å². The standard InChI is InChI=1S/C22H32N4O3/c1-15(25-16(2)27)12-28-19-10-17(11-19)13-29-22-20-8-9-26(21(20)23-14-24-22)18-6-4-3-5-7-18/h8-9,14-15,17-19H,3-7,10-13H2,1-2H3,(H,25,27)/t15-,17?,19?/m0/s1. The summed E-state index contributed by atoms with van der Waals surface area (Å²) in [4.78, 5) is 20.0. The summed E-state index contributed by atoms with van der Waals surface area (Å²) in [5.74, 6) is 1.16. The van der Waals surface area contributed by atoms with E-state index in [1.54, 1.807) is 6.33 Å². The molecule has 1 N–H and O–H groups in total. The summed E-state index contributed by atoms with van der Waals surface area (Å²) in [7, 11) is 0. The minimum Gasteiger partial charge on any atom is -0.477 e. The molecule has 0 bridgehead atoms. The Kier molecular flexibility index (Phi) is 6.33. The molecule has 0 spiro atoms. The molecule has 2 aliphatic rings. The Balaban J connectivity index is 1.27. The highest BCUT2D eigenvalue weighted by molar-refractivity contribution is 5.81. The SMILES string of the molecule is CC(=O)N[C@@H](C)COC1CC(COc2ncnc3c2ccn3C2CCCCC2)C1. The number of carbonyl (C=O) groups excluding carboxylic acids is 1. The van der Waals surface area contributed by atoms with E-state index in [1.807, 2.05) is 6.92 Å². The molecule has 1 amide bonds. The van der Waals surface area contributed by atoms with Crippen molar-refractivity contribution < 1.29 is 14.3 Å². The molecule has 29 heavy (non-hydrogen) atoms. The zero-order valence-corrected chi connectivity index (χ0v) is 17.5. The summed E-state index contributed by atoms with van der Waals surface area (Å²) in [6, 6.07) is 2.69. The smallest absolute Gasteiger partial charge is 0.226 e. The van der Waals surface area contributed by atoms with Crippen molar-refractivity contribution in [2.45, 2.75) is 77.0 Å². The number of fused-ring (bicyclic) bond motifs is 1. The number of aromatic nitrogens is 3. The van der Waals surface area contributed by atoms with Gasteiger partial charge in [-0.05, 0) is 44.6 Å². The molecule has 4 rings (SSSR count). The van der Waals surface area contributed by atoms with Crippen molar-refractivity contribution in [3.05, 3.63) is 18.6 Å². The first kappa shape index (κ1) is 20.1. The molecule has 0 saturated heterocycles. The second-order valence-corrected chi connectivity index (χ2v) is 8.64. The molecule has 0 aliphatic heterocycles. The fourth-order valence-electron chi connectivity index (χ4n) is 4.53. The van der Waals surface area contributed by atoms with Gasteiger partial charge in [-0.25, -0.2) is 9.97 Å². The highest BCUT2D eigenvalue weighted by atomic mass is 16.5. The Morgan fingerprint density at radius 3 is 2.83 bits per heavy atom. The highest BCUT2D eigenvalue weighted by Crippen LogP contribution is 2.34. The number of nitrogens with one attached hydrogen (secondary N) is 1. The van der Waals surface area contributed by atoms with E-state index in [0.29, 0.717) is 31.1 Å². The molecule has 2 fully saturated rings. The first-order valence-electron chi connectivity index (χ1n) is 10.9. The number of hydrogen-bond acceptors (Lipinski definition) is 5. The third-order valence-electron chi connectivity index (χ3n) is 6.12. The predicted molar refractivity (Wildman–Crippen MR) is 111 cm³/mol. The van der Waals surface area contributed by atoms with E-state index in [0.717, 1.165) is 23.9 Å². The molecule has 0 aromatic carbocycles. The fraction of sp³-hybridized carbons (Fsp3) is 0.682. The second kappa shape index (κ2) is 9.11. The quantitative estimate of drug-likeness (QED) is 0.732. The minimum absolute atomic E-state index is 0.0190. The van der Waals surface area contributed by atoms with Crippen LogP contribution >= 0.6 is 0 Å². The Morgan fingerprint density at radius 1 is 1.28 bits per heavy atom. The lowest BCUT2D eigenvalue weighted by Crippen LogP contribution is -2.40. The van der Waals surface area contributed by atoms with Crippen LogP contribution in [0.5, 0.6) is 5.88 Å². The topological polar surface area (TPSA) is 78.3 Å². The Hall–Kier alpha value is -2.15. The van der Waals surface area contributed by atoms with Crippen LogP contribution in [0.25, 0.3) is 11.0 Å². The number of hydrogen-bond donors (Lipinski definition) is 1. The summed E-state index contributed by atoms with van der Waals surface area (Å²) in [5, 5.41) is 3.85. The van der Waals surface area contributed by atoms with Crippen molar-refractivity contribution in [1.82, 2.24) is 19.9 Å². The molecule has 2 heterocycles. The molecular formula is C22H32N4O3. The van der Waals surface area contributed by atoms with Gasteiger partial charge in [0.2, 0.25) is 11.8 Å². The number of amides is 1. The van der Waals surface area contributed by atoms with Crippen LogP contribution in [0.3, 0.4) is 0 Å². The molecule has 2 aromatic rings. The van der Waals surface area contributed by atoms with Crippen molar-refractivity contribution in [3.8, 4) is 5.88 Å². The normalized spacial score (nSPS) is 23.5. The Morgan fingerprint density at radius 2 is 2.07 bits per heavy atom. The maximum absolute atomic E-state index is 11.0. The molecule has 2 aromatic heterocycles. The first-order chi connectivity index (χ1) is 14.1. The van der Waals surface area contributed by atoms with Crippen LogP contribution in [-0.4, -0.2) is 45.8 Å². The van der Waals surface area contributed by atoms with Crippen LogP contribution in [0.1, 0.15) is 64.8 Å². The molecular weight excluding hydrogens is 368 g/mol. The van der Waals surface area contributed by atoms with Crippen LogP contribution in [0, 0.1) is 5.92 Å². The third-order valence-corrected chi connectivity index (χ3v) is 6.12. The molecule has 7 heteroatoms. The van der Waals surface area contributed by atoms with E-state index < -0.39 is 0 Å². The van der Waals surface area contributed by atoms with Gasteiger partial charge < -0.3 is 19.4 Å². The van der Waals surface area contributed by atoms with Gasteiger partial charge in [0, 0.05) is 25.2 Å². The summed E-state index contributed by atoms with van der Waals surface area (Å²) >= 11 is 0. The van der Waals surface area contributed by atoms with Crippen molar-refractivity contribution >= 4 is 16.9 Å². The van der Waals surface area contributed by atoms with Crippen molar-refractivity contribution in [2.24, 2.45) is 5.92 Å². The van der Waals surface area contributed by atoms with Gasteiger partial charge in [0.05, 0.1) is 24.7 Å². The zero-order chi connectivity index (χ0) is 20.2. The van der Waals surface area contributed by atoms with Gasteiger partial charge in [0.15, 0.2) is 0 Å². The maximum Gasteiger partial charge on any atom is 0.226 e. The number of nitrogens with zero attached hydrogens (tertiary/aromatic N) is 3. The lowest BCUT2D eigenvalue weighted by atomic mass is 9.83. The molecule has 7 nitrogen and oxygen atoms in total. The van der Waals surface area contributed by atoms with Crippen molar-refractivity contribution in [3.63, 3.8) is 0 Å². The Bertz CT molecular complexity index is 825. The maximum atomic E-state index is 11.0. The van der Waals surface area contributed by atoms with Gasteiger partial charge in [-0.15, -0.1) is 0 Å². The minimum atomic E-state index is -0.0190. The summed E-state index contributed by atoms with van der Waals surface area (Å²) in [6.45, 7) is 4.70. The number of ether oxygens (including phenoxy) is 2. The average Bonchev–Trinajstić information content (AvgIpc) is 3.11. The molecule has 0 unspecified atom stereocenters. The van der Waals surface area contributed by atoms with E-state index in [9.17, 15) is 4.79 Å². The van der Waals surface area contributed by atoms with Crippen LogP contribution < -0.4 is 10.1 Å². The van der Waals surface area contributed by atoms with Gasteiger partial charge in [0.25, 0.3) is 0 Å². The largest absolute Gasteiger partial charge is 0.477 e. The summed E-state index contributed by atoms with van der Waals surface area (Å²) in [6.07, 6.45) is 12.4. The van der Waals surface area contributed by atoms with Crippen LogP contribution in [0.2, 0.25) is 0 Å². The molecule has 2 saturated carbocycles. The van der Waals surface area contributed by atoms with Crippen LogP contribution in [-0.2, 0) is 9.53 Å². The summed E-state index contributed by atoms with van der Waals surface area (Å²) < 4.78 is 14.2. The molecule has 2 aliphatic carbocycles. The van der Waals surface area contributed by atoms with Crippen LogP contribution in [0.15, 0.2) is 18.6 Å². The van der Waals surface area contributed by atoms with Crippen molar-refractivity contribution in [2.75, 3.05) is 13.2 Å². The Labute approximate surface area is 172 Å². The first-order valence-corrected chi connectivity index (χ1v) is 10.9.